The van der Waals surface area contributed by atoms with Crippen LogP contribution in [0.2, 0.25) is 0 Å². The van der Waals surface area contributed by atoms with Crippen LogP contribution < -0.4 is 5.32 Å². The van der Waals surface area contributed by atoms with Crippen LogP contribution >= 0.6 is 12.4 Å². The summed E-state index contributed by atoms with van der Waals surface area (Å²) in [6.45, 7) is 0. The quantitative estimate of drug-likeness (QED) is 0.552. The van der Waals surface area contributed by atoms with Gasteiger partial charge in [0.05, 0.1) is 11.0 Å². The molecule has 4 rings (SSSR count). The zero-order valence-electron chi connectivity index (χ0n) is 14.3. The Balaban J connectivity index is 0.00000196. The van der Waals surface area contributed by atoms with E-state index in [1.165, 1.54) is 0 Å². The van der Waals surface area contributed by atoms with Crippen molar-refractivity contribution in [1.82, 2.24) is 14.5 Å². The predicted molar refractivity (Wildman–Crippen MR) is 111 cm³/mol. The van der Waals surface area contributed by atoms with Gasteiger partial charge >= 0.3 is 0 Å². The topological polar surface area (TPSA) is 42.7 Å². The number of anilines is 1. The van der Waals surface area contributed by atoms with Crippen LogP contribution in [0.3, 0.4) is 0 Å². The molecule has 2 aromatic heterocycles. The van der Waals surface area contributed by atoms with Crippen molar-refractivity contribution in [3.63, 3.8) is 0 Å². The number of fused-ring (bicyclic) bond motifs is 1. The van der Waals surface area contributed by atoms with Crippen LogP contribution in [0.15, 0.2) is 72.9 Å². The second-order valence-electron chi connectivity index (χ2n) is 5.69. The highest BCUT2D eigenvalue weighted by atomic mass is 35.5. The second kappa shape index (κ2) is 7.85. The number of benzene rings is 2. The molecule has 0 atom stereocenters. The molecule has 1 N–H and O–H groups in total. The van der Waals surface area contributed by atoms with Crippen molar-refractivity contribution in [2.75, 3.05) is 12.4 Å². The van der Waals surface area contributed by atoms with Crippen molar-refractivity contribution >= 4 is 41.3 Å². The average molecular weight is 363 g/mol. The van der Waals surface area contributed by atoms with E-state index in [4.69, 9.17) is 4.98 Å². The van der Waals surface area contributed by atoms with Crippen molar-refractivity contribution < 1.29 is 0 Å². The van der Waals surface area contributed by atoms with Gasteiger partial charge in [-0.15, -0.1) is 12.4 Å². The maximum atomic E-state index is 4.81. The SMILES string of the molecule is CNc1ccc2c(c1)nc(C=Cc1ccccc1)n2-c1ccccn1.Cl. The van der Waals surface area contributed by atoms with Crippen LogP contribution in [0.5, 0.6) is 0 Å². The molecule has 0 bridgehead atoms. The Morgan fingerprint density at radius 3 is 2.46 bits per heavy atom. The Morgan fingerprint density at radius 2 is 1.73 bits per heavy atom. The number of hydrogen-bond donors (Lipinski definition) is 1. The lowest BCUT2D eigenvalue weighted by atomic mass is 10.2. The molecular formula is C21H19ClN4. The lowest BCUT2D eigenvalue weighted by Gasteiger charge is -2.06. The first-order chi connectivity index (χ1) is 12.3. The average Bonchev–Trinajstić information content (AvgIpc) is 3.05. The summed E-state index contributed by atoms with van der Waals surface area (Å²) in [5, 5.41) is 3.16. The van der Waals surface area contributed by atoms with E-state index in [2.05, 4.69) is 45.2 Å². The zero-order valence-corrected chi connectivity index (χ0v) is 15.1. The number of pyridine rings is 1. The van der Waals surface area contributed by atoms with E-state index in [1.54, 1.807) is 6.20 Å². The molecule has 4 nitrogen and oxygen atoms in total. The van der Waals surface area contributed by atoms with Crippen LogP contribution in [0.4, 0.5) is 5.69 Å². The molecule has 4 aromatic rings. The Kier molecular flexibility index (Phi) is 5.34. The fourth-order valence-corrected chi connectivity index (χ4v) is 2.83. The number of aromatic nitrogens is 3. The Bertz CT molecular complexity index is 1020. The van der Waals surface area contributed by atoms with Crippen LogP contribution in [-0.4, -0.2) is 21.6 Å². The summed E-state index contributed by atoms with van der Waals surface area (Å²) in [5.41, 5.74) is 4.14. The maximum Gasteiger partial charge on any atom is 0.139 e. The summed E-state index contributed by atoms with van der Waals surface area (Å²) in [5.74, 6) is 1.71. The monoisotopic (exact) mass is 362 g/mol. The highest BCUT2D eigenvalue weighted by molar-refractivity contribution is 5.85. The van der Waals surface area contributed by atoms with Gasteiger partial charge in [-0.1, -0.05) is 42.5 Å². The number of nitrogens with zero attached hydrogens (tertiary/aromatic N) is 3. The molecule has 0 saturated carbocycles. The number of rotatable bonds is 4. The minimum atomic E-state index is 0. The molecule has 0 amide bonds. The molecule has 0 saturated heterocycles. The summed E-state index contributed by atoms with van der Waals surface area (Å²) >= 11 is 0. The molecule has 26 heavy (non-hydrogen) atoms. The van der Waals surface area contributed by atoms with E-state index in [0.717, 1.165) is 33.9 Å². The lowest BCUT2D eigenvalue weighted by molar-refractivity contribution is 1.01. The second-order valence-corrected chi connectivity index (χ2v) is 5.69. The minimum absolute atomic E-state index is 0. The van der Waals surface area contributed by atoms with Crippen LogP contribution in [0.25, 0.3) is 29.0 Å². The molecular weight excluding hydrogens is 344 g/mol. The molecule has 5 heteroatoms. The molecule has 0 radical (unpaired) electrons. The van der Waals surface area contributed by atoms with Gasteiger partial charge < -0.3 is 5.32 Å². The van der Waals surface area contributed by atoms with Gasteiger partial charge in [0.2, 0.25) is 0 Å². The van der Waals surface area contributed by atoms with Crippen molar-refractivity contribution in [3.8, 4) is 5.82 Å². The maximum absolute atomic E-state index is 4.81. The normalized spacial score (nSPS) is 10.8. The third-order valence-electron chi connectivity index (χ3n) is 4.07. The van der Waals surface area contributed by atoms with Crippen molar-refractivity contribution in [2.45, 2.75) is 0 Å². The van der Waals surface area contributed by atoms with Crippen LogP contribution in [0.1, 0.15) is 11.4 Å². The molecule has 0 aliphatic rings. The van der Waals surface area contributed by atoms with E-state index in [-0.39, 0.29) is 12.4 Å². The third kappa shape index (κ3) is 3.46. The van der Waals surface area contributed by atoms with Gasteiger partial charge in [-0.25, -0.2) is 9.97 Å². The molecule has 130 valence electrons. The van der Waals surface area contributed by atoms with E-state index in [0.29, 0.717) is 0 Å². The first-order valence-electron chi connectivity index (χ1n) is 8.20. The first kappa shape index (κ1) is 17.7. The molecule has 2 heterocycles. The molecule has 0 aliphatic heterocycles. The molecule has 2 aromatic carbocycles. The predicted octanol–water partition coefficient (Wildman–Crippen LogP) is 5.05. The minimum Gasteiger partial charge on any atom is -0.388 e. The zero-order chi connectivity index (χ0) is 17.1. The highest BCUT2D eigenvalue weighted by Gasteiger charge is 2.11. The van der Waals surface area contributed by atoms with Gasteiger partial charge in [0.1, 0.15) is 11.6 Å². The van der Waals surface area contributed by atoms with Crippen molar-refractivity contribution in [1.29, 1.82) is 0 Å². The summed E-state index contributed by atoms with van der Waals surface area (Å²) in [6, 6.07) is 22.3. The van der Waals surface area contributed by atoms with E-state index in [1.807, 2.05) is 55.6 Å². The largest absolute Gasteiger partial charge is 0.388 e. The lowest BCUT2D eigenvalue weighted by Crippen LogP contribution is -1.99. The van der Waals surface area contributed by atoms with Gasteiger partial charge in [-0.05, 0) is 42.0 Å². The van der Waals surface area contributed by atoms with Crippen molar-refractivity contribution in [3.05, 3.63) is 84.3 Å². The van der Waals surface area contributed by atoms with Gasteiger partial charge in [0.15, 0.2) is 0 Å². The molecule has 0 unspecified atom stereocenters. The van der Waals surface area contributed by atoms with Crippen LogP contribution in [-0.2, 0) is 0 Å². The molecule has 0 fully saturated rings. The summed E-state index contributed by atoms with van der Waals surface area (Å²) in [7, 11) is 1.91. The van der Waals surface area contributed by atoms with Gasteiger partial charge in [-0.3, -0.25) is 4.57 Å². The third-order valence-corrected chi connectivity index (χ3v) is 4.07. The number of nitrogens with one attached hydrogen (secondary N) is 1. The Hall–Kier alpha value is -3.11. The molecule has 0 spiro atoms. The summed E-state index contributed by atoms with van der Waals surface area (Å²) < 4.78 is 2.08. The summed E-state index contributed by atoms with van der Waals surface area (Å²) in [6.07, 6.45) is 5.90. The van der Waals surface area contributed by atoms with Gasteiger partial charge in [0.25, 0.3) is 0 Å². The van der Waals surface area contributed by atoms with Gasteiger partial charge in [-0.2, -0.15) is 0 Å². The Labute approximate surface area is 158 Å². The smallest absolute Gasteiger partial charge is 0.139 e. The standard InChI is InChI=1S/C21H18N4.ClH/c1-22-17-11-12-19-18(15-17)24-21(13-10-16-7-3-2-4-8-16)25(19)20-9-5-6-14-23-20;/h2-15,22H,1H3;1H. The van der Waals surface area contributed by atoms with Crippen LogP contribution in [0, 0.1) is 0 Å². The van der Waals surface area contributed by atoms with E-state index in [9.17, 15) is 0 Å². The summed E-state index contributed by atoms with van der Waals surface area (Å²) in [4.78, 5) is 9.31. The first-order valence-corrected chi connectivity index (χ1v) is 8.20. The fraction of sp³-hybridized carbons (Fsp3) is 0.0476. The molecule has 0 aliphatic carbocycles. The van der Waals surface area contributed by atoms with Gasteiger partial charge in [0, 0.05) is 18.9 Å². The number of imidazole rings is 1. The number of halogens is 1. The van der Waals surface area contributed by atoms with E-state index >= 15 is 0 Å². The number of hydrogen-bond acceptors (Lipinski definition) is 3. The Morgan fingerprint density at radius 1 is 0.923 bits per heavy atom. The van der Waals surface area contributed by atoms with E-state index < -0.39 is 0 Å². The fourth-order valence-electron chi connectivity index (χ4n) is 2.83. The highest BCUT2D eigenvalue weighted by Crippen LogP contribution is 2.24. The van der Waals surface area contributed by atoms with Crippen molar-refractivity contribution in [2.24, 2.45) is 0 Å².